The third-order valence-corrected chi connectivity index (χ3v) is 6.94. The molecule has 2 N–H and O–H groups in total. The highest BCUT2D eigenvalue weighted by Crippen LogP contribution is 2.39. The maximum absolute atomic E-state index is 13.8. The molecule has 8 heteroatoms. The maximum atomic E-state index is 13.8. The van der Waals surface area contributed by atoms with Gasteiger partial charge in [-0.3, -0.25) is 4.79 Å². The van der Waals surface area contributed by atoms with Gasteiger partial charge in [-0.25, -0.2) is 9.69 Å². The molecule has 5 rings (SSSR count). The first kappa shape index (κ1) is 26.2. The summed E-state index contributed by atoms with van der Waals surface area (Å²) in [4.78, 5) is 28.9. The van der Waals surface area contributed by atoms with Gasteiger partial charge in [-0.05, 0) is 46.9 Å². The van der Waals surface area contributed by atoms with Crippen LogP contribution in [0.5, 0.6) is 0 Å². The summed E-state index contributed by atoms with van der Waals surface area (Å²) in [5.41, 5.74) is 6.43. The molecule has 0 saturated heterocycles. The Labute approximate surface area is 223 Å². The highest BCUT2D eigenvalue weighted by atomic mass is 19.4. The molecule has 0 aromatic heterocycles. The Kier molecular flexibility index (Phi) is 6.97. The molecule has 0 saturated carbocycles. The molecule has 5 nitrogen and oxygen atoms in total. The van der Waals surface area contributed by atoms with Crippen molar-refractivity contribution in [1.29, 1.82) is 0 Å². The van der Waals surface area contributed by atoms with Gasteiger partial charge < -0.3 is 10.5 Å². The number of nitrogens with two attached hydrogens (primary N) is 1. The minimum atomic E-state index is -4.48. The highest BCUT2D eigenvalue weighted by molar-refractivity contribution is 5.99. The van der Waals surface area contributed by atoms with Gasteiger partial charge in [0.2, 0.25) is 0 Å². The molecular weight excluding hydrogens is 505 g/mol. The molecule has 1 heterocycles. The Morgan fingerprint density at radius 1 is 0.846 bits per heavy atom. The number of alkyl halides is 3. The zero-order valence-electron chi connectivity index (χ0n) is 20.8. The molecule has 0 spiro atoms. The lowest BCUT2D eigenvalue weighted by molar-refractivity contribution is -0.169. The normalized spacial score (nSPS) is 17.3. The summed E-state index contributed by atoms with van der Waals surface area (Å²) in [6, 6.07) is 27.6. The van der Waals surface area contributed by atoms with E-state index >= 15 is 0 Å². The second-order valence-electron chi connectivity index (χ2n) is 9.33. The number of carbonyl (C=O) groups is 2. The van der Waals surface area contributed by atoms with Gasteiger partial charge in [0, 0.05) is 18.7 Å². The van der Waals surface area contributed by atoms with Crippen LogP contribution in [0.25, 0.3) is 11.1 Å². The average molecular weight is 531 g/mol. The summed E-state index contributed by atoms with van der Waals surface area (Å²) < 4.78 is 45.4. The van der Waals surface area contributed by atoms with Gasteiger partial charge in [0.25, 0.3) is 11.6 Å². The fourth-order valence-corrected chi connectivity index (χ4v) is 5.05. The van der Waals surface area contributed by atoms with Crippen molar-refractivity contribution in [3.63, 3.8) is 0 Å². The number of nitrogens with zero attached hydrogens (tertiary/aromatic N) is 1. The number of esters is 1. The Morgan fingerprint density at radius 3 is 2.18 bits per heavy atom. The van der Waals surface area contributed by atoms with Crippen molar-refractivity contribution < 1.29 is 27.5 Å². The van der Waals surface area contributed by atoms with Crippen molar-refractivity contribution in [3.05, 3.63) is 131 Å². The van der Waals surface area contributed by atoms with Crippen molar-refractivity contribution in [2.24, 2.45) is 5.73 Å². The lowest BCUT2D eigenvalue weighted by atomic mass is 9.88. The van der Waals surface area contributed by atoms with E-state index in [1.807, 2.05) is 42.5 Å². The van der Waals surface area contributed by atoms with E-state index in [1.165, 1.54) is 18.2 Å². The number of fused-ring (bicyclic) bond motifs is 1. The summed E-state index contributed by atoms with van der Waals surface area (Å²) in [5.74, 6) is -1.66. The molecule has 0 radical (unpaired) electrons. The summed E-state index contributed by atoms with van der Waals surface area (Å²) in [6.45, 7) is 0.703. The van der Waals surface area contributed by atoms with Crippen LogP contribution in [-0.2, 0) is 34.4 Å². The first-order valence-electron chi connectivity index (χ1n) is 12.4. The van der Waals surface area contributed by atoms with E-state index in [2.05, 4.69) is 0 Å². The zero-order chi connectivity index (χ0) is 27.6. The number of rotatable bonds is 6. The van der Waals surface area contributed by atoms with Crippen molar-refractivity contribution in [2.75, 3.05) is 6.54 Å². The topological polar surface area (TPSA) is 72.6 Å². The SMILES string of the molecule is NC(=O)C1(OC(=O)c2ccccc2-c2ccc(C(F)(F)F)cc2)c2ccccc2CCN1Cc1ccccc1. The number of ether oxygens (including phenoxy) is 1. The molecule has 1 amide bonds. The highest BCUT2D eigenvalue weighted by Gasteiger charge is 2.52. The fourth-order valence-electron chi connectivity index (χ4n) is 5.05. The van der Waals surface area contributed by atoms with E-state index in [4.69, 9.17) is 10.5 Å². The van der Waals surface area contributed by atoms with Gasteiger partial charge in [-0.1, -0.05) is 84.9 Å². The van der Waals surface area contributed by atoms with Crippen LogP contribution in [0.15, 0.2) is 103 Å². The fraction of sp³-hybridized carbons (Fsp3) is 0.161. The summed E-state index contributed by atoms with van der Waals surface area (Å²) in [6.07, 6.45) is -3.86. The molecule has 0 aliphatic carbocycles. The first-order chi connectivity index (χ1) is 18.7. The molecule has 1 unspecified atom stereocenters. The minimum absolute atomic E-state index is 0.0978. The lowest BCUT2D eigenvalue weighted by Crippen LogP contribution is -2.60. The predicted octanol–water partition coefficient (Wildman–Crippen LogP) is 5.93. The van der Waals surface area contributed by atoms with E-state index < -0.39 is 29.3 Å². The number of hydrogen-bond donors (Lipinski definition) is 1. The predicted molar refractivity (Wildman–Crippen MR) is 140 cm³/mol. The van der Waals surface area contributed by atoms with E-state index in [-0.39, 0.29) is 5.56 Å². The van der Waals surface area contributed by atoms with Crippen molar-refractivity contribution in [2.45, 2.75) is 24.9 Å². The van der Waals surface area contributed by atoms with Crippen LogP contribution in [0.1, 0.15) is 32.6 Å². The standard InChI is InChI=1S/C31H25F3N2O3/c32-31(33,34)24-16-14-22(15-17-24)25-11-5-6-12-26(25)28(37)39-30(29(35)38)27-13-7-4-10-23(27)18-19-36(30)20-21-8-2-1-3-9-21/h1-17H,18-20H2,(H2,35,38). The molecule has 0 bridgehead atoms. The second kappa shape index (κ2) is 10.4. The first-order valence-corrected chi connectivity index (χ1v) is 12.4. The van der Waals surface area contributed by atoms with Crippen LogP contribution in [-0.4, -0.2) is 23.3 Å². The van der Waals surface area contributed by atoms with Gasteiger partial charge >= 0.3 is 12.1 Å². The van der Waals surface area contributed by atoms with Crippen LogP contribution in [0.3, 0.4) is 0 Å². The van der Waals surface area contributed by atoms with Gasteiger partial charge in [-0.2, -0.15) is 13.2 Å². The monoisotopic (exact) mass is 530 g/mol. The molecule has 198 valence electrons. The number of halogens is 3. The number of benzene rings is 4. The van der Waals surface area contributed by atoms with E-state index in [9.17, 15) is 22.8 Å². The molecule has 1 aliphatic heterocycles. The molecule has 39 heavy (non-hydrogen) atoms. The van der Waals surface area contributed by atoms with Crippen LogP contribution >= 0.6 is 0 Å². The van der Waals surface area contributed by atoms with Crippen LogP contribution < -0.4 is 5.73 Å². The van der Waals surface area contributed by atoms with Gasteiger partial charge in [0.05, 0.1) is 11.1 Å². The molecule has 0 fully saturated rings. The quantitative estimate of drug-likeness (QED) is 0.314. The smallest absolute Gasteiger partial charge is 0.416 e. The third kappa shape index (κ3) is 5.03. The maximum Gasteiger partial charge on any atom is 0.416 e. The molecule has 1 aliphatic rings. The molecule has 4 aromatic carbocycles. The Bertz CT molecular complexity index is 1500. The van der Waals surface area contributed by atoms with Gasteiger partial charge in [0.15, 0.2) is 0 Å². The van der Waals surface area contributed by atoms with Gasteiger partial charge in [0.1, 0.15) is 0 Å². The number of carbonyl (C=O) groups excluding carboxylic acids is 2. The zero-order valence-corrected chi connectivity index (χ0v) is 20.8. The Morgan fingerprint density at radius 2 is 1.49 bits per heavy atom. The van der Waals surface area contributed by atoms with E-state index in [0.717, 1.165) is 23.3 Å². The van der Waals surface area contributed by atoms with Crippen LogP contribution in [0, 0.1) is 0 Å². The van der Waals surface area contributed by atoms with Crippen molar-refractivity contribution >= 4 is 11.9 Å². The largest absolute Gasteiger partial charge is 0.426 e. The van der Waals surface area contributed by atoms with E-state index in [1.54, 1.807) is 35.2 Å². The molecule has 4 aromatic rings. The second-order valence-corrected chi connectivity index (χ2v) is 9.33. The number of amides is 1. The molecular formula is C31H25F3N2O3. The molecule has 1 atom stereocenters. The number of hydrogen-bond acceptors (Lipinski definition) is 4. The van der Waals surface area contributed by atoms with Crippen molar-refractivity contribution in [3.8, 4) is 11.1 Å². The van der Waals surface area contributed by atoms with E-state index in [0.29, 0.717) is 36.2 Å². The van der Waals surface area contributed by atoms with Crippen molar-refractivity contribution in [1.82, 2.24) is 4.90 Å². The Hall–Kier alpha value is -4.43. The van der Waals surface area contributed by atoms with Crippen LogP contribution in [0.4, 0.5) is 13.2 Å². The summed E-state index contributed by atoms with van der Waals surface area (Å²) >= 11 is 0. The van der Waals surface area contributed by atoms with Gasteiger partial charge in [-0.15, -0.1) is 0 Å². The van der Waals surface area contributed by atoms with Crippen LogP contribution in [0.2, 0.25) is 0 Å². The lowest BCUT2D eigenvalue weighted by Gasteiger charge is -2.44. The average Bonchev–Trinajstić information content (AvgIpc) is 2.94. The minimum Gasteiger partial charge on any atom is -0.426 e. The Balaban J connectivity index is 1.57. The summed E-state index contributed by atoms with van der Waals surface area (Å²) in [5, 5.41) is 0. The summed E-state index contributed by atoms with van der Waals surface area (Å²) in [7, 11) is 0. The third-order valence-electron chi connectivity index (χ3n) is 6.94. The number of primary amides is 1.